The molecule has 0 unspecified atom stereocenters. The summed E-state index contributed by atoms with van der Waals surface area (Å²) >= 11 is 5.88. The molecule has 1 aromatic carbocycles. The zero-order valence-electron chi connectivity index (χ0n) is 9.95. The van der Waals surface area contributed by atoms with E-state index < -0.39 is 11.9 Å². The fourth-order valence-electron chi connectivity index (χ4n) is 1.24. The number of anilines is 1. The molecule has 96 valence electrons. The van der Waals surface area contributed by atoms with Crippen LogP contribution in [0.1, 0.15) is 24.2 Å². The number of rotatable bonds is 4. The molecule has 0 aromatic heterocycles. The maximum Gasteiger partial charge on any atom is 0.303 e. The molecular weight excluding hydrogens is 258 g/mol. The second kappa shape index (κ2) is 6.16. The Balaban J connectivity index is 2.69. The van der Waals surface area contributed by atoms with E-state index in [1.807, 2.05) is 0 Å². The Morgan fingerprint density at radius 3 is 2.44 bits per heavy atom. The number of halogens is 1. The zero-order chi connectivity index (χ0) is 13.7. The molecule has 1 amide bonds. The van der Waals surface area contributed by atoms with E-state index in [-0.39, 0.29) is 17.4 Å². The first-order chi connectivity index (χ1) is 8.40. The summed E-state index contributed by atoms with van der Waals surface area (Å²) in [7, 11) is 0. The quantitative estimate of drug-likeness (QED) is 0.671. The van der Waals surface area contributed by atoms with Crippen molar-refractivity contribution in [3.63, 3.8) is 0 Å². The van der Waals surface area contributed by atoms with Gasteiger partial charge in [-0.15, -0.1) is 0 Å². The van der Waals surface area contributed by atoms with Crippen LogP contribution in [0.25, 0.3) is 0 Å². The molecule has 0 aliphatic rings. The lowest BCUT2D eigenvalue weighted by atomic mass is 10.1. The van der Waals surface area contributed by atoms with Crippen LogP contribution in [-0.4, -0.2) is 24.3 Å². The lowest BCUT2D eigenvalue weighted by Crippen LogP contribution is -2.19. The van der Waals surface area contributed by atoms with Crippen molar-refractivity contribution in [2.45, 2.75) is 13.8 Å². The Bertz CT molecular complexity index is 499. The molecule has 0 saturated heterocycles. The van der Waals surface area contributed by atoms with Crippen molar-refractivity contribution in [1.82, 2.24) is 0 Å². The first-order valence-corrected chi connectivity index (χ1v) is 5.51. The van der Waals surface area contributed by atoms with Gasteiger partial charge < -0.3 is 10.1 Å². The molecule has 0 aliphatic carbocycles. The predicted molar refractivity (Wildman–Crippen MR) is 66.7 cm³/mol. The van der Waals surface area contributed by atoms with Crippen molar-refractivity contribution in [3.05, 3.63) is 28.8 Å². The number of nitrogens with one attached hydrogen (secondary N) is 1. The smallest absolute Gasteiger partial charge is 0.303 e. The molecule has 0 aliphatic heterocycles. The highest BCUT2D eigenvalue weighted by Crippen LogP contribution is 2.21. The minimum absolute atomic E-state index is 0.155. The second-order valence-electron chi connectivity index (χ2n) is 3.58. The Hall–Kier alpha value is -1.88. The SMILES string of the molecule is CC(=O)OCC(=O)Nc1ccc(C(C)=O)c(Cl)c1. The van der Waals surface area contributed by atoms with Crippen LogP contribution in [0, 0.1) is 0 Å². The largest absolute Gasteiger partial charge is 0.456 e. The summed E-state index contributed by atoms with van der Waals surface area (Å²) in [6.07, 6.45) is 0. The maximum absolute atomic E-state index is 11.3. The number of benzene rings is 1. The molecule has 6 heteroatoms. The number of carbonyl (C=O) groups excluding carboxylic acids is 3. The van der Waals surface area contributed by atoms with Crippen LogP contribution in [0.2, 0.25) is 5.02 Å². The molecule has 1 rings (SSSR count). The van der Waals surface area contributed by atoms with Gasteiger partial charge in [-0.1, -0.05) is 11.6 Å². The first-order valence-electron chi connectivity index (χ1n) is 5.14. The third kappa shape index (κ3) is 4.18. The van der Waals surface area contributed by atoms with Crippen LogP contribution >= 0.6 is 11.6 Å². The van der Waals surface area contributed by atoms with Crippen LogP contribution in [0.5, 0.6) is 0 Å². The molecule has 0 spiro atoms. The third-order valence-electron chi connectivity index (χ3n) is 2.04. The third-order valence-corrected chi connectivity index (χ3v) is 2.35. The van der Waals surface area contributed by atoms with Crippen LogP contribution in [0.4, 0.5) is 5.69 Å². The molecule has 0 atom stereocenters. The van der Waals surface area contributed by atoms with E-state index in [4.69, 9.17) is 11.6 Å². The van der Waals surface area contributed by atoms with Gasteiger partial charge in [0.1, 0.15) is 0 Å². The van der Waals surface area contributed by atoms with Gasteiger partial charge in [-0.2, -0.15) is 0 Å². The van der Waals surface area contributed by atoms with Gasteiger partial charge in [-0.3, -0.25) is 14.4 Å². The lowest BCUT2D eigenvalue weighted by molar-refractivity contribution is -0.144. The van der Waals surface area contributed by atoms with Crippen LogP contribution in [-0.2, 0) is 14.3 Å². The van der Waals surface area contributed by atoms with Crippen molar-refractivity contribution in [2.24, 2.45) is 0 Å². The summed E-state index contributed by atoms with van der Waals surface area (Å²) in [5, 5.41) is 2.75. The van der Waals surface area contributed by atoms with Crippen molar-refractivity contribution in [3.8, 4) is 0 Å². The maximum atomic E-state index is 11.3. The number of carbonyl (C=O) groups is 3. The standard InChI is InChI=1S/C12H12ClNO4/c1-7(15)10-4-3-9(5-11(10)13)14-12(17)6-18-8(2)16/h3-5H,6H2,1-2H3,(H,14,17). The minimum Gasteiger partial charge on any atom is -0.456 e. The van der Waals surface area contributed by atoms with Crippen LogP contribution < -0.4 is 5.32 Å². The summed E-state index contributed by atoms with van der Waals surface area (Å²) in [6.45, 7) is 2.26. The summed E-state index contributed by atoms with van der Waals surface area (Å²) in [5.41, 5.74) is 0.816. The Morgan fingerprint density at radius 1 is 1.28 bits per heavy atom. The Labute approximate surface area is 109 Å². The summed E-state index contributed by atoms with van der Waals surface area (Å²) in [6, 6.07) is 4.53. The fourth-order valence-corrected chi connectivity index (χ4v) is 1.56. The number of hydrogen-bond acceptors (Lipinski definition) is 4. The molecule has 18 heavy (non-hydrogen) atoms. The summed E-state index contributed by atoms with van der Waals surface area (Å²) in [5.74, 6) is -1.16. The van der Waals surface area contributed by atoms with E-state index in [1.54, 1.807) is 6.07 Å². The monoisotopic (exact) mass is 269 g/mol. The van der Waals surface area contributed by atoms with Gasteiger partial charge in [0, 0.05) is 18.2 Å². The van der Waals surface area contributed by atoms with E-state index >= 15 is 0 Å². The van der Waals surface area contributed by atoms with Gasteiger partial charge in [0.2, 0.25) is 0 Å². The Kier molecular flexibility index (Phi) is 4.85. The van der Waals surface area contributed by atoms with E-state index in [9.17, 15) is 14.4 Å². The van der Waals surface area contributed by atoms with Crippen molar-refractivity contribution >= 4 is 34.9 Å². The molecule has 0 saturated carbocycles. The zero-order valence-corrected chi connectivity index (χ0v) is 10.7. The molecule has 0 heterocycles. The van der Waals surface area contributed by atoms with Gasteiger partial charge in [0.05, 0.1) is 5.02 Å². The fraction of sp³-hybridized carbons (Fsp3) is 0.250. The number of esters is 1. The average molecular weight is 270 g/mol. The summed E-state index contributed by atoms with van der Waals surface area (Å²) in [4.78, 5) is 33.0. The van der Waals surface area contributed by atoms with Gasteiger partial charge in [0.25, 0.3) is 5.91 Å². The highest BCUT2D eigenvalue weighted by molar-refractivity contribution is 6.34. The molecule has 0 radical (unpaired) electrons. The Morgan fingerprint density at radius 2 is 1.94 bits per heavy atom. The predicted octanol–water partition coefficient (Wildman–Crippen LogP) is 2.04. The molecule has 0 fully saturated rings. The van der Waals surface area contributed by atoms with Crippen molar-refractivity contribution in [2.75, 3.05) is 11.9 Å². The van der Waals surface area contributed by atoms with E-state index in [0.717, 1.165) is 0 Å². The lowest BCUT2D eigenvalue weighted by Gasteiger charge is -2.07. The number of hydrogen-bond donors (Lipinski definition) is 1. The second-order valence-corrected chi connectivity index (χ2v) is 3.99. The van der Waals surface area contributed by atoms with Gasteiger partial charge in [0.15, 0.2) is 12.4 Å². The number of ether oxygens (including phenoxy) is 1. The average Bonchev–Trinajstić information content (AvgIpc) is 2.26. The summed E-state index contributed by atoms with van der Waals surface area (Å²) < 4.78 is 4.53. The van der Waals surface area contributed by atoms with E-state index in [0.29, 0.717) is 11.3 Å². The molecular formula is C12H12ClNO4. The first kappa shape index (κ1) is 14.2. The normalized spacial score (nSPS) is 9.72. The molecule has 1 aromatic rings. The van der Waals surface area contributed by atoms with Crippen LogP contribution in [0.15, 0.2) is 18.2 Å². The minimum atomic E-state index is -0.532. The number of Topliss-reactive ketones (excluding diaryl/α,β-unsaturated/α-hetero) is 1. The number of amides is 1. The van der Waals surface area contributed by atoms with Gasteiger partial charge in [-0.25, -0.2) is 0 Å². The molecule has 5 nitrogen and oxygen atoms in total. The number of ketones is 1. The van der Waals surface area contributed by atoms with E-state index in [2.05, 4.69) is 10.1 Å². The van der Waals surface area contributed by atoms with Gasteiger partial charge in [-0.05, 0) is 25.1 Å². The van der Waals surface area contributed by atoms with Crippen LogP contribution in [0.3, 0.4) is 0 Å². The van der Waals surface area contributed by atoms with E-state index in [1.165, 1.54) is 26.0 Å². The molecule has 1 N–H and O–H groups in total. The highest BCUT2D eigenvalue weighted by Gasteiger charge is 2.09. The highest BCUT2D eigenvalue weighted by atomic mass is 35.5. The van der Waals surface area contributed by atoms with Crippen molar-refractivity contribution in [1.29, 1.82) is 0 Å². The van der Waals surface area contributed by atoms with Crippen molar-refractivity contribution < 1.29 is 19.1 Å². The van der Waals surface area contributed by atoms with Gasteiger partial charge >= 0.3 is 5.97 Å². The molecule has 0 bridgehead atoms. The topological polar surface area (TPSA) is 72.5 Å².